The lowest BCUT2D eigenvalue weighted by molar-refractivity contribution is -0.137. The number of para-hydroxylation sites is 1. The Bertz CT molecular complexity index is 911. The molecule has 1 N–H and O–H groups in total. The van der Waals surface area contributed by atoms with Crippen LogP contribution in [0.2, 0.25) is 0 Å². The third-order valence-corrected chi connectivity index (χ3v) is 4.84. The van der Waals surface area contributed by atoms with Crippen LogP contribution in [-0.2, 0) is 14.3 Å². The molecular weight excluding hydrogens is 370 g/mol. The number of hydrogen-bond donors (Lipinski definition) is 1. The summed E-state index contributed by atoms with van der Waals surface area (Å²) < 4.78 is 5.08. The number of esters is 1. The number of rotatable bonds is 5. The number of carbonyl (C=O) groups excluding carboxylic acids is 3. The van der Waals surface area contributed by atoms with Gasteiger partial charge in [0.25, 0.3) is 5.91 Å². The molecule has 0 spiro atoms. The van der Waals surface area contributed by atoms with E-state index in [0.717, 1.165) is 5.69 Å². The van der Waals surface area contributed by atoms with Crippen LogP contribution in [0.15, 0.2) is 54.6 Å². The Balaban J connectivity index is 1.43. The Kier molecular flexibility index (Phi) is 6.59. The molecule has 1 aliphatic heterocycles. The van der Waals surface area contributed by atoms with Gasteiger partial charge in [0.05, 0.1) is 17.2 Å². The highest BCUT2D eigenvalue weighted by Gasteiger charge is 2.27. The molecular formula is C22H21N3O4. The highest BCUT2D eigenvalue weighted by Crippen LogP contribution is 2.19. The lowest BCUT2D eigenvalue weighted by Gasteiger charge is -2.31. The van der Waals surface area contributed by atoms with Crippen LogP contribution in [0.1, 0.15) is 28.8 Å². The van der Waals surface area contributed by atoms with Gasteiger partial charge in [-0.1, -0.05) is 18.2 Å². The number of nitriles is 1. The van der Waals surface area contributed by atoms with Crippen LogP contribution < -0.4 is 5.32 Å². The van der Waals surface area contributed by atoms with Crippen molar-refractivity contribution in [2.24, 2.45) is 5.92 Å². The van der Waals surface area contributed by atoms with Gasteiger partial charge in [-0.15, -0.1) is 0 Å². The lowest BCUT2D eigenvalue weighted by atomic mass is 9.95. The standard InChI is InChI=1S/C22H21N3O4/c23-14-16-6-8-18(9-7-16)22(28)29-15-20(26)25-12-10-17(11-13-25)21(27)24-19-4-2-1-3-5-19/h1-9,17H,10-13,15H2,(H,24,27). The fourth-order valence-electron chi connectivity index (χ4n) is 3.14. The predicted molar refractivity (Wildman–Crippen MR) is 106 cm³/mol. The normalized spacial score (nSPS) is 14.0. The van der Waals surface area contributed by atoms with Crippen molar-refractivity contribution in [1.82, 2.24) is 4.90 Å². The molecule has 148 valence electrons. The highest BCUT2D eigenvalue weighted by atomic mass is 16.5. The molecule has 29 heavy (non-hydrogen) atoms. The van der Waals surface area contributed by atoms with Crippen molar-refractivity contribution in [3.63, 3.8) is 0 Å². The third kappa shape index (κ3) is 5.42. The van der Waals surface area contributed by atoms with Gasteiger partial charge in [0.15, 0.2) is 6.61 Å². The molecule has 0 radical (unpaired) electrons. The number of ether oxygens (including phenoxy) is 1. The Morgan fingerprint density at radius 1 is 1.03 bits per heavy atom. The van der Waals surface area contributed by atoms with Gasteiger partial charge >= 0.3 is 5.97 Å². The summed E-state index contributed by atoms with van der Waals surface area (Å²) in [7, 11) is 0. The van der Waals surface area contributed by atoms with Crippen molar-refractivity contribution in [2.75, 3.05) is 25.0 Å². The number of amides is 2. The van der Waals surface area contributed by atoms with Gasteiger partial charge in [-0.3, -0.25) is 9.59 Å². The van der Waals surface area contributed by atoms with E-state index >= 15 is 0 Å². The smallest absolute Gasteiger partial charge is 0.338 e. The van der Waals surface area contributed by atoms with Crippen LogP contribution in [0.3, 0.4) is 0 Å². The molecule has 2 amide bonds. The summed E-state index contributed by atoms with van der Waals surface area (Å²) in [5, 5.41) is 11.7. The number of hydrogen-bond acceptors (Lipinski definition) is 5. The van der Waals surface area contributed by atoms with E-state index in [1.807, 2.05) is 36.4 Å². The topological polar surface area (TPSA) is 99.5 Å². The van der Waals surface area contributed by atoms with Crippen LogP contribution >= 0.6 is 0 Å². The molecule has 1 fully saturated rings. The molecule has 0 atom stereocenters. The van der Waals surface area contributed by atoms with Crippen molar-refractivity contribution in [2.45, 2.75) is 12.8 Å². The van der Waals surface area contributed by atoms with Gasteiger partial charge in [0.1, 0.15) is 0 Å². The maximum Gasteiger partial charge on any atom is 0.338 e. The first-order chi connectivity index (χ1) is 14.1. The molecule has 2 aromatic rings. The van der Waals surface area contributed by atoms with Crippen LogP contribution in [0.4, 0.5) is 5.69 Å². The largest absolute Gasteiger partial charge is 0.452 e. The van der Waals surface area contributed by atoms with Gasteiger partial charge in [-0.05, 0) is 49.2 Å². The van der Waals surface area contributed by atoms with Gasteiger partial charge < -0.3 is 15.0 Å². The summed E-state index contributed by atoms with van der Waals surface area (Å²) in [6.45, 7) is 0.542. The number of nitrogens with zero attached hydrogens (tertiary/aromatic N) is 2. The van der Waals surface area contributed by atoms with E-state index in [1.54, 1.807) is 4.90 Å². The summed E-state index contributed by atoms with van der Waals surface area (Å²) in [6, 6.07) is 17.2. The van der Waals surface area contributed by atoms with E-state index in [1.165, 1.54) is 24.3 Å². The summed E-state index contributed by atoms with van der Waals surface area (Å²) in [4.78, 5) is 38.3. The Labute approximate surface area is 168 Å². The first-order valence-electron chi connectivity index (χ1n) is 9.38. The maximum absolute atomic E-state index is 12.4. The average Bonchev–Trinajstić information content (AvgIpc) is 2.78. The highest BCUT2D eigenvalue weighted by molar-refractivity contribution is 5.93. The molecule has 0 aliphatic carbocycles. The van der Waals surface area contributed by atoms with Gasteiger partial charge in [0, 0.05) is 24.7 Å². The molecule has 3 rings (SSSR count). The number of benzene rings is 2. The summed E-state index contributed by atoms with van der Waals surface area (Å²) in [5.41, 5.74) is 1.48. The van der Waals surface area contributed by atoms with Crippen LogP contribution in [-0.4, -0.2) is 42.4 Å². The zero-order valence-corrected chi connectivity index (χ0v) is 15.8. The second-order valence-corrected chi connectivity index (χ2v) is 6.78. The van der Waals surface area contributed by atoms with Crippen LogP contribution in [0, 0.1) is 17.2 Å². The summed E-state index contributed by atoms with van der Waals surface area (Å²) >= 11 is 0. The van der Waals surface area contributed by atoms with E-state index in [0.29, 0.717) is 31.5 Å². The number of carbonyl (C=O) groups is 3. The quantitative estimate of drug-likeness (QED) is 0.790. The minimum atomic E-state index is -0.611. The molecule has 7 heteroatoms. The van der Waals surface area contributed by atoms with E-state index in [2.05, 4.69) is 5.32 Å². The average molecular weight is 391 g/mol. The SMILES string of the molecule is N#Cc1ccc(C(=O)OCC(=O)N2CCC(C(=O)Nc3ccccc3)CC2)cc1. The van der Waals surface area contributed by atoms with Crippen molar-refractivity contribution in [3.8, 4) is 6.07 Å². The fourth-order valence-corrected chi connectivity index (χ4v) is 3.14. The number of nitrogens with one attached hydrogen (secondary N) is 1. The van der Waals surface area contributed by atoms with Gasteiger partial charge in [-0.25, -0.2) is 4.79 Å². The summed E-state index contributed by atoms with van der Waals surface area (Å²) in [6.07, 6.45) is 1.13. The molecule has 1 heterocycles. The fraction of sp³-hybridized carbons (Fsp3) is 0.273. The molecule has 2 aromatic carbocycles. The zero-order chi connectivity index (χ0) is 20.6. The van der Waals surface area contributed by atoms with E-state index in [9.17, 15) is 14.4 Å². The molecule has 0 saturated carbocycles. The molecule has 1 aliphatic rings. The second kappa shape index (κ2) is 9.51. The first kappa shape index (κ1) is 20.1. The molecule has 1 saturated heterocycles. The van der Waals surface area contributed by atoms with E-state index in [4.69, 9.17) is 10.00 Å². The maximum atomic E-state index is 12.4. The monoisotopic (exact) mass is 391 g/mol. The zero-order valence-electron chi connectivity index (χ0n) is 15.8. The Morgan fingerprint density at radius 3 is 2.31 bits per heavy atom. The lowest BCUT2D eigenvalue weighted by Crippen LogP contribution is -2.43. The molecule has 0 unspecified atom stereocenters. The summed E-state index contributed by atoms with van der Waals surface area (Å²) in [5.74, 6) is -1.09. The van der Waals surface area contributed by atoms with E-state index < -0.39 is 5.97 Å². The van der Waals surface area contributed by atoms with Gasteiger partial charge in [-0.2, -0.15) is 5.26 Å². The van der Waals surface area contributed by atoms with Crippen molar-refractivity contribution >= 4 is 23.5 Å². The third-order valence-electron chi connectivity index (χ3n) is 4.84. The van der Waals surface area contributed by atoms with Crippen molar-refractivity contribution in [1.29, 1.82) is 5.26 Å². The van der Waals surface area contributed by atoms with Crippen molar-refractivity contribution < 1.29 is 19.1 Å². The predicted octanol–water partition coefficient (Wildman–Crippen LogP) is 2.59. The number of anilines is 1. The minimum absolute atomic E-state index is 0.0458. The van der Waals surface area contributed by atoms with Crippen molar-refractivity contribution in [3.05, 3.63) is 65.7 Å². The first-order valence-corrected chi connectivity index (χ1v) is 9.38. The number of piperidine rings is 1. The minimum Gasteiger partial charge on any atom is -0.452 e. The Hall–Kier alpha value is -3.66. The van der Waals surface area contributed by atoms with E-state index in [-0.39, 0.29) is 29.9 Å². The Morgan fingerprint density at radius 2 is 1.69 bits per heavy atom. The molecule has 0 aromatic heterocycles. The molecule has 0 bridgehead atoms. The number of likely N-dealkylation sites (tertiary alicyclic amines) is 1. The van der Waals surface area contributed by atoms with Crippen LogP contribution in [0.25, 0.3) is 0 Å². The van der Waals surface area contributed by atoms with Crippen LogP contribution in [0.5, 0.6) is 0 Å². The molecule has 7 nitrogen and oxygen atoms in total. The second-order valence-electron chi connectivity index (χ2n) is 6.78. The van der Waals surface area contributed by atoms with Gasteiger partial charge in [0.2, 0.25) is 5.91 Å².